The highest BCUT2D eigenvalue weighted by Gasteiger charge is 2.19. The van der Waals surface area contributed by atoms with E-state index in [2.05, 4.69) is 34.6 Å². The Balaban J connectivity index is 1.75. The lowest BCUT2D eigenvalue weighted by Gasteiger charge is -2.26. The Morgan fingerprint density at radius 2 is 1.95 bits per heavy atom. The lowest BCUT2D eigenvalue weighted by molar-refractivity contribution is 0.609. The van der Waals surface area contributed by atoms with Crippen LogP contribution in [0.25, 0.3) is 0 Å². The molecule has 1 aliphatic carbocycles. The van der Waals surface area contributed by atoms with Crippen molar-refractivity contribution < 1.29 is 0 Å². The molecule has 3 rings (SSSR count). The van der Waals surface area contributed by atoms with Crippen LogP contribution in [0.5, 0.6) is 0 Å². The zero-order valence-electron chi connectivity index (χ0n) is 10.4. The summed E-state index contributed by atoms with van der Waals surface area (Å²) >= 11 is 12.0. The summed E-state index contributed by atoms with van der Waals surface area (Å²) in [4.78, 5) is 4.25. The molecule has 1 aliphatic rings. The van der Waals surface area contributed by atoms with Gasteiger partial charge in [-0.3, -0.25) is 0 Å². The maximum absolute atomic E-state index is 6.14. The molecule has 1 unspecified atom stereocenters. The van der Waals surface area contributed by atoms with Crippen molar-refractivity contribution in [2.24, 2.45) is 0 Å². The number of hydrogen-bond donors (Lipinski definition) is 1. The van der Waals surface area contributed by atoms with Crippen LogP contribution in [0.1, 0.15) is 17.5 Å². The molecule has 4 heteroatoms. The van der Waals surface area contributed by atoms with Gasteiger partial charge >= 0.3 is 0 Å². The molecule has 1 aromatic heterocycles. The number of nitrogens with zero attached hydrogens (tertiary/aromatic N) is 1. The molecule has 0 saturated carbocycles. The largest absolute Gasteiger partial charge is 0.366 e. The Bertz CT molecular complexity index is 598. The molecule has 0 aliphatic heterocycles. The van der Waals surface area contributed by atoms with Crippen molar-refractivity contribution in [1.29, 1.82) is 0 Å². The van der Waals surface area contributed by atoms with E-state index < -0.39 is 0 Å². The first-order valence-electron chi connectivity index (χ1n) is 6.37. The molecule has 1 N–H and O–H groups in total. The second kappa shape index (κ2) is 5.40. The Hall–Kier alpha value is -1.25. The first-order chi connectivity index (χ1) is 9.22. The fraction of sp³-hybridized carbons (Fsp3) is 0.267. The van der Waals surface area contributed by atoms with Gasteiger partial charge in [0.05, 0.1) is 10.0 Å². The van der Waals surface area contributed by atoms with E-state index in [1.807, 2.05) is 0 Å². The number of anilines is 1. The highest BCUT2D eigenvalue weighted by Crippen LogP contribution is 2.27. The lowest BCUT2D eigenvalue weighted by atomic mass is 9.88. The van der Waals surface area contributed by atoms with E-state index in [1.165, 1.54) is 11.1 Å². The summed E-state index contributed by atoms with van der Waals surface area (Å²) < 4.78 is 0. The third-order valence-corrected chi connectivity index (χ3v) is 3.99. The SMILES string of the molecule is Clc1cnc(NC2CCc3ccccc3C2)c(Cl)c1. The molecular formula is C15H14Cl2N2. The number of benzene rings is 1. The first-order valence-corrected chi connectivity index (χ1v) is 7.12. The number of aryl methyl sites for hydroxylation is 1. The van der Waals surface area contributed by atoms with Crippen LogP contribution in [0.4, 0.5) is 5.82 Å². The summed E-state index contributed by atoms with van der Waals surface area (Å²) in [5.74, 6) is 0.718. The Labute approximate surface area is 122 Å². The Morgan fingerprint density at radius 3 is 2.74 bits per heavy atom. The molecule has 2 nitrogen and oxygen atoms in total. The molecule has 0 radical (unpaired) electrons. The van der Waals surface area contributed by atoms with Gasteiger partial charge in [0.15, 0.2) is 0 Å². The molecule has 2 aromatic rings. The molecule has 0 spiro atoms. The fourth-order valence-corrected chi connectivity index (χ4v) is 2.97. The van der Waals surface area contributed by atoms with E-state index in [9.17, 15) is 0 Å². The predicted octanol–water partition coefficient (Wildman–Crippen LogP) is 4.36. The number of halogens is 2. The average Bonchev–Trinajstić information content (AvgIpc) is 2.42. The number of aromatic nitrogens is 1. The molecule has 98 valence electrons. The van der Waals surface area contributed by atoms with Gasteiger partial charge in [-0.25, -0.2) is 4.98 Å². The van der Waals surface area contributed by atoms with Crippen molar-refractivity contribution in [3.63, 3.8) is 0 Å². The van der Waals surface area contributed by atoms with Crippen LogP contribution in [-0.4, -0.2) is 11.0 Å². The van der Waals surface area contributed by atoms with Crippen LogP contribution in [0.2, 0.25) is 10.0 Å². The van der Waals surface area contributed by atoms with E-state index in [4.69, 9.17) is 23.2 Å². The summed E-state index contributed by atoms with van der Waals surface area (Å²) in [6.45, 7) is 0. The van der Waals surface area contributed by atoms with Crippen LogP contribution >= 0.6 is 23.2 Å². The summed E-state index contributed by atoms with van der Waals surface area (Å²) in [7, 11) is 0. The van der Waals surface area contributed by atoms with Crippen LogP contribution in [0, 0.1) is 0 Å². The molecule has 0 bridgehead atoms. The molecule has 0 amide bonds. The van der Waals surface area contributed by atoms with Gasteiger partial charge in [-0.2, -0.15) is 0 Å². The van der Waals surface area contributed by atoms with Gasteiger partial charge in [-0.15, -0.1) is 0 Å². The second-order valence-corrected chi connectivity index (χ2v) is 5.68. The Kier molecular flexibility index (Phi) is 3.63. The number of nitrogens with one attached hydrogen (secondary N) is 1. The maximum atomic E-state index is 6.14. The topological polar surface area (TPSA) is 24.9 Å². The third-order valence-electron chi connectivity index (χ3n) is 3.50. The molecule has 1 heterocycles. The number of rotatable bonds is 2. The lowest BCUT2D eigenvalue weighted by Crippen LogP contribution is -2.27. The van der Waals surface area contributed by atoms with Crippen LogP contribution < -0.4 is 5.32 Å². The number of hydrogen-bond acceptors (Lipinski definition) is 2. The minimum atomic E-state index is 0.376. The van der Waals surface area contributed by atoms with E-state index in [1.54, 1.807) is 12.3 Å². The molecule has 1 atom stereocenters. The van der Waals surface area contributed by atoms with Gasteiger partial charge in [0.2, 0.25) is 0 Å². The van der Waals surface area contributed by atoms with Gasteiger partial charge in [0.1, 0.15) is 5.82 Å². The summed E-state index contributed by atoms with van der Waals surface area (Å²) in [6, 6.07) is 10.7. The molecule has 0 saturated heterocycles. The predicted molar refractivity (Wildman–Crippen MR) is 80.1 cm³/mol. The minimum absolute atomic E-state index is 0.376. The molecule has 0 fully saturated rings. The molecular weight excluding hydrogens is 279 g/mol. The van der Waals surface area contributed by atoms with Crippen LogP contribution in [0.15, 0.2) is 36.5 Å². The van der Waals surface area contributed by atoms with E-state index >= 15 is 0 Å². The van der Waals surface area contributed by atoms with E-state index in [0.29, 0.717) is 16.1 Å². The first kappa shape index (κ1) is 12.8. The highest BCUT2D eigenvalue weighted by atomic mass is 35.5. The maximum Gasteiger partial charge on any atom is 0.145 e. The summed E-state index contributed by atoms with van der Waals surface area (Å²) in [5.41, 5.74) is 2.87. The summed E-state index contributed by atoms with van der Waals surface area (Å²) in [6.07, 6.45) is 4.82. The molecule has 19 heavy (non-hydrogen) atoms. The van der Waals surface area contributed by atoms with Crippen molar-refractivity contribution in [3.05, 3.63) is 57.7 Å². The van der Waals surface area contributed by atoms with Crippen LogP contribution in [0.3, 0.4) is 0 Å². The van der Waals surface area contributed by atoms with Gasteiger partial charge in [0.25, 0.3) is 0 Å². The zero-order valence-corrected chi connectivity index (χ0v) is 11.9. The quantitative estimate of drug-likeness (QED) is 0.890. The van der Waals surface area contributed by atoms with E-state index in [0.717, 1.165) is 25.1 Å². The average molecular weight is 293 g/mol. The normalized spacial score (nSPS) is 17.9. The monoisotopic (exact) mass is 292 g/mol. The standard InChI is InChI=1S/C15H14Cl2N2/c16-12-8-14(17)15(18-9-12)19-13-6-5-10-3-1-2-4-11(10)7-13/h1-4,8-9,13H,5-7H2,(H,18,19). The van der Waals surface area contributed by atoms with Gasteiger partial charge in [0, 0.05) is 12.2 Å². The number of pyridine rings is 1. The minimum Gasteiger partial charge on any atom is -0.366 e. The van der Waals surface area contributed by atoms with E-state index in [-0.39, 0.29) is 0 Å². The molecule has 1 aromatic carbocycles. The zero-order chi connectivity index (χ0) is 13.2. The highest BCUT2D eigenvalue weighted by molar-refractivity contribution is 6.35. The second-order valence-electron chi connectivity index (χ2n) is 4.84. The van der Waals surface area contributed by atoms with Gasteiger partial charge in [-0.05, 0) is 36.5 Å². The number of fused-ring (bicyclic) bond motifs is 1. The summed E-state index contributed by atoms with van der Waals surface area (Å²) in [5, 5.41) is 4.55. The van der Waals surface area contributed by atoms with Crippen molar-refractivity contribution >= 4 is 29.0 Å². The Morgan fingerprint density at radius 1 is 1.16 bits per heavy atom. The smallest absolute Gasteiger partial charge is 0.145 e. The van der Waals surface area contributed by atoms with Crippen LogP contribution in [-0.2, 0) is 12.8 Å². The van der Waals surface area contributed by atoms with Gasteiger partial charge in [-0.1, -0.05) is 47.5 Å². The third kappa shape index (κ3) is 2.85. The fourth-order valence-electron chi connectivity index (χ4n) is 2.54. The van der Waals surface area contributed by atoms with Gasteiger partial charge < -0.3 is 5.32 Å². The van der Waals surface area contributed by atoms with Crippen molar-refractivity contribution in [2.45, 2.75) is 25.3 Å². The van der Waals surface area contributed by atoms with Crippen molar-refractivity contribution in [1.82, 2.24) is 4.98 Å². The van der Waals surface area contributed by atoms with Crippen molar-refractivity contribution in [2.75, 3.05) is 5.32 Å². The van der Waals surface area contributed by atoms with Crippen molar-refractivity contribution in [3.8, 4) is 0 Å².